The summed E-state index contributed by atoms with van der Waals surface area (Å²) in [4.78, 5) is 17.4. The minimum atomic E-state index is -1.30. The second kappa shape index (κ2) is 6.75. The van der Waals surface area contributed by atoms with Crippen LogP contribution in [0.4, 0.5) is 16.2 Å². The molecule has 24 heavy (non-hydrogen) atoms. The number of para-hydroxylation sites is 1. The van der Waals surface area contributed by atoms with Crippen molar-refractivity contribution < 1.29 is 14.6 Å². The number of likely N-dealkylation sites (N-methyl/N-ethyl adjacent to an activating group) is 1. The van der Waals surface area contributed by atoms with Gasteiger partial charge in [0.2, 0.25) is 0 Å². The van der Waals surface area contributed by atoms with E-state index in [1.807, 2.05) is 18.2 Å². The predicted molar refractivity (Wildman–Crippen MR) is 95.8 cm³/mol. The van der Waals surface area contributed by atoms with Crippen LogP contribution < -0.4 is 9.64 Å². The van der Waals surface area contributed by atoms with E-state index in [4.69, 9.17) is 9.84 Å². The fourth-order valence-corrected chi connectivity index (χ4v) is 3.73. The number of benzene rings is 2. The van der Waals surface area contributed by atoms with Crippen molar-refractivity contribution in [3.8, 4) is 5.75 Å². The molecule has 126 valence electrons. The molecule has 2 aromatic carbocycles. The number of hydrogen-bond acceptors (Lipinski definition) is 5. The zero-order valence-electron chi connectivity index (χ0n) is 13.9. The number of anilines is 2. The van der Waals surface area contributed by atoms with Gasteiger partial charge in [-0.15, -0.1) is 0 Å². The molecule has 0 aromatic heterocycles. The Morgan fingerprint density at radius 3 is 2.62 bits per heavy atom. The maximum absolute atomic E-state index is 10.8. The summed E-state index contributed by atoms with van der Waals surface area (Å²) in [6.07, 6.45) is -1.30. The van der Waals surface area contributed by atoms with Crippen LogP contribution in [0.25, 0.3) is 0 Å². The Labute approximate surface area is 145 Å². The molecule has 0 aliphatic carbocycles. The molecular weight excluding hydrogens is 324 g/mol. The Morgan fingerprint density at radius 1 is 1.21 bits per heavy atom. The Hall–Kier alpha value is -2.18. The lowest BCUT2D eigenvalue weighted by Crippen LogP contribution is -2.37. The van der Waals surface area contributed by atoms with E-state index in [2.05, 4.69) is 43.0 Å². The van der Waals surface area contributed by atoms with E-state index in [-0.39, 0.29) is 0 Å². The fourth-order valence-electron chi connectivity index (χ4n) is 2.60. The molecule has 0 fully saturated rings. The highest BCUT2D eigenvalue weighted by Gasteiger charge is 2.25. The van der Waals surface area contributed by atoms with E-state index >= 15 is 0 Å². The number of carbonyl (C=O) groups is 1. The highest BCUT2D eigenvalue weighted by atomic mass is 32.2. The zero-order chi connectivity index (χ0) is 17.3. The maximum atomic E-state index is 10.8. The lowest BCUT2D eigenvalue weighted by Gasteiger charge is -2.36. The van der Waals surface area contributed by atoms with E-state index in [1.54, 1.807) is 23.9 Å². The van der Waals surface area contributed by atoms with Crippen molar-refractivity contribution in [1.82, 2.24) is 4.90 Å². The average Bonchev–Trinajstić information content (AvgIpc) is 2.53. The van der Waals surface area contributed by atoms with E-state index in [0.717, 1.165) is 22.0 Å². The Balaban J connectivity index is 2.01. The zero-order valence-corrected chi connectivity index (χ0v) is 14.7. The third-order valence-electron chi connectivity index (χ3n) is 4.13. The molecule has 0 saturated carbocycles. The molecule has 1 unspecified atom stereocenters. The van der Waals surface area contributed by atoms with Gasteiger partial charge in [0.25, 0.3) is 0 Å². The summed E-state index contributed by atoms with van der Waals surface area (Å²) in [5.41, 5.74) is 2.25. The van der Waals surface area contributed by atoms with E-state index in [0.29, 0.717) is 11.8 Å². The third-order valence-corrected chi connectivity index (χ3v) is 5.24. The third kappa shape index (κ3) is 3.34. The van der Waals surface area contributed by atoms with Crippen LogP contribution in [0.3, 0.4) is 0 Å². The van der Waals surface area contributed by atoms with Gasteiger partial charge in [-0.25, -0.2) is 4.79 Å². The largest absolute Gasteiger partial charge is 0.511 e. The van der Waals surface area contributed by atoms with E-state index < -0.39 is 6.16 Å². The molecular formula is C18H20N2O3S. The van der Waals surface area contributed by atoms with Crippen molar-refractivity contribution in [2.75, 3.05) is 25.5 Å². The molecule has 3 rings (SSSR count). The van der Waals surface area contributed by atoms with Gasteiger partial charge in [0, 0.05) is 22.4 Å². The van der Waals surface area contributed by atoms with Gasteiger partial charge in [-0.05, 0) is 51.4 Å². The van der Waals surface area contributed by atoms with E-state index in [9.17, 15) is 4.79 Å². The van der Waals surface area contributed by atoms with Crippen LogP contribution in [-0.2, 0) is 0 Å². The van der Waals surface area contributed by atoms with Crippen LogP contribution in [0.1, 0.15) is 6.92 Å². The van der Waals surface area contributed by atoms with Crippen molar-refractivity contribution in [2.24, 2.45) is 0 Å². The SMILES string of the molecule is CC(CN1c2ccccc2Sc2cc(OC(=O)O)ccc21)N(C)C. The van der Waals surface area contributed by atoms with Crippen LogP contribution in [0.2, 0.25) is 0 Å². The number of fused-ring (bicyclic) bond motifs is 2. The lowest BCUT2D eigenvalue weighted by atomic mass is 10.2. The van der Waals surface area contributed by atoms with Gasteiger partial charge in [-0.2, -0.15) is 0 Å². The highest BCUT2D eigenvalue weighted by molar-refractivity contribution is 7.99. The maximum Gasteiger partial charge on any atom is 0.511 e. The highest BCUT2D eigenvalue weighted by Crippen LogP contribution is 2.49. The molecule has 1 atom stereocenters. The summed E-state index contributed by atoms with van der Waals surface area (Å²) in [5, 5.41) is 8.82. The van der Waals surface area contributed by atoms with Gasteiger partial charge in [0.05, 0.1) is 11.4 Å². The predicted octanol–water partition coefficient (Wildman–Crippen LogP) is 4.30. The molecule has 1 aliphatic rings. The minimum absolute atomic E-state index is 0.341. The molecule has 1 N–H and O–H groups in total. The first-order chi connectivity index (χ1) is 11.5. The molecule has 0 bridgehead atoms. The fraction of sp³-hybridized carbons (Fsp3) is 0.278. The molecule has 0 saturated heterocycles. The minimum Gasteiger partial charge on any atom is -0.449 e. The number of rotatable bonds is 4. The molecule has 0 spiro atoms. The average molecular weight is 344 g/mol. The second-order valence-corrected chi connectivity index (χ2v) is 7.07. The van der Waals surface area contributed by atoms with Crippen molar-refractivity contribution >= 4 is 29.3 Å². The van der Waals surface area contributed by atoms with Gasteiger partial charge in [0.15, 0.2) is 0 Å². The van der Waals surface area contributed by atoms with Gasteiger partial charge >= 0.3 is 6.16 Å². The molecule has 1 heterocycles. The topological polar surface area (TPSA) is 53.0 Å². The quantitative estimate of drug-likeness (QED) is 0.659. The Morgan fingerprint density at radius 2 is 1.92 bits per heavy atom. The summed E-state index contributed by atoms with van der Waals surface area (Å²) >= 11 is 1.63. The molecule has 0 radical (unpaired) electrons. The summed E-state index contributed by atoms with van der Waals surface area (Å²) in [7, 11) is 4.14. The Kier molecular flexibility index (Phi) is 4.69. The molecule has 2 aromatic rings. The van der Waals surface area contributed by atoms with Crippen LogP contribution in [0.15, 0.2) is 52.3 Å². The van der Waals surface area contributed by atoms with Crippen molar-refractivity contribution in [2.45, 2.75) is 22.8 Å². The van der Waals surface area contributed by atoms with Crippen LogP contribution in [-0.4, -0.2) is 42.8 Å². The van der Waals surface area contributed by atoms with Crippen molar-refractivity contribution in [3.05, 3.63) is 42.5 Å². The van der Waals surface area contributed by atoms with Gasteiger partial charge < -0.3 is 19.6 Å². The van der Waals surface area contributed by atoms with Gasteiger partial charge in [-0.3, -0.25) is 0 Å². The number of carboxylic acid groups (broad SMARTS) is 1. The van der Waals surface area contributed by atoms with E-state index in [1.165, 1.54) is 5.69 Å². The number of hydrogen-bond donors (Lipinski definition) is 1. The molecule has 0 amide bonds. The summed E-state index contributed by atoms with van der Waals surface area (Å²) < 4.78 is 4.80. The van der Waals surface area contributed by atoms with Gasteiger partial charge in [-0.1, -0.05) is 23.9 Å². The lowest BCUT2D eigenvalue weighted by molar-refractivity contribution is 0.144. The Bertz CT molecular complexity index is 764. The molecule has 6 heteroatoms. The molecule has 1 aliphatic heterocycles. The van der Waals surface area contributed by atoms with Crippen LogP contribution in [0.5, 0.6) is 5.75 Å². The summed E-state index contributed by atoms with van der Waals surface area (Å²) in [5.74, 6) is 0.341. The molecule has 5 nitrogen and oxygen atoms in total. The first-order valence-corrected chi connectivity index (χ1v) is 8.53. The monoisotopic (exact) mass is 344 g/mol. The van der Waals surface area contributed by atoms with Crippen molar-refractivity contribution in [3.63, 3.8) is 0 Å². The normalized spacial score (nSPS) is 14.1. The smallest absolute Gasteiger partial charge is 0.449 e. The standard InChI is InChI=1S/C18H20N2O3S/c1-12(19(2)3)11-20-14-6-4-5-7-16(14)24-17-10-13(23-18(21)22)8-9-15(17)20/h4-10,12H,11H2,1-3H3,(H,21,22). The summed E-state index contributed by atoms with van der Waals surface area (Å²) in [6.45, 7) is 3.03. The van der Waals surface area contributed by atoms with Crippen LogP contribution in [0, 0.1) is 0 Å². The number of ether oxygens (including phenoxy) is 1. The second-order valence-electron chi connectivity index (χ2n) is 5.99. The first kappa shape index (κ1) is 16.7. The summed E-state index contributed by atoms with van der Waals surface area (Å²) in [6, 6.07) is 14.0. The number of nitrogens with zero attached hydrogens (tertiary/aromatic N) is 2. The van der Waals surface area contributed by atoms with Crippen LogP contribution >= 0.6 is 11.8 Å². The van der Waals surface area contributed by atoms with Gasteiger partial charge in [0.1, 0.15) is 5.75 Å². The van der Waals surface area contributed by atoms with Crippen molar-refractivity contribution in [1.29, 1.82) is 0 Å². The first-order valence-electron chi connectivity index (χ1n) is 7.71.